The smallest absolute Gasteiger partial charge is 0.267 e. The molecule has 0 radical (unpaired) electrons. The average molecular weight is 193 g/mol. The highest BCUT2D eigenvalue weighted by atomic mass is 16.1. The zero-order chi connectivity index (χ0) is 9.97. The molecule has 0 aromatic carbocycles. The van der Waals surface area contributed by atoms with Crippen molar-refractivity contribution in [3.63, 3.8) is 0 Å². The van der Waals surface area contributed by atoms with E-state index in [9.17, 15) is 4.79 Å². The molecule has 76 valence electrons. The van der Waals surface area contributed by atoms with E-state index in [1.165, 1.54) is 19.3 Å². The fourth-order valence-electron chi connectivity index (χ4n) is 2.15. The number of anilines is 1. The molecule has 1 aliphatic carbocycles. The van der Waals surface area contributed by atoms with E-state index in [2.05, 4.69) is 10.2 Å². The van der Waals surface area contributed by atoms with E-state index in [1.807, 2.05) is 0 Å². The van der Waals surface area contributed by atoms with Crippen molar-refractivity contribution in [1.29, 1.82) is 0 Å². The average Bonchev–Trinajstić information content (AvgIpc) is 2.23. The molecule has 0 aliphatic heterocycles. The second-order valence-electron chi connectivity index (χ2n) is 3.91. The molecule has 1 aromatic rings. The maximum absolute atomic E-state index is 11.5. The maximum Gasteiger partial charge on any atom is 0.267 e. The minimum Gasteiger partial charge on any atom is -0.382 e. The van der Waals surface area contributed by atoms with Gasteiger partial charge in [0.2, 0.25) is 0 Å². The second kappa shape index (κ2) is 3.82. The summed E-state index contributed by atoms with van der Waals surface area (Å²) in [6, 6.07) is 1.72. The Bertz CT molecular complexity index is 366. The number of nitrogens with two attached hydrogens (primary N) is 1. The first-order valence-corrected chi connectivity index (χ1v) is 5.12. The third-order valence-corrected chi connectivity index (χ3v) is 2.90. The van der Waals surface area contributed by atoms with E-state index in [4.69, 9.17) is 5.73 Å². The Morgan fingerprint density at radius 3 is 2.79 bits per heavy atom. The zero-order valence-corrected chi connectivity index (χ0v) is 8.12. The van der Waals surface area contributed by atoms with Crippen molar-refractivity contribution in [2.24, 2.45) is 0 Å². The number of aromatic amines is 1. The van der Waals surface area contributed by atoms with Crippen LogP contribution in [0.4, 0.5) is 5.82 Å². The Kier molecular flexibility index (Phi) is 2.52. The van der Waals surface area contributed by atoms with Crippen LogP contribution in [0, 0.1) is 0 Å². The molecule has 0 spiro atoms. The van der Waals surface area contributed by atoms with E-state index in [0.717, 1.165) is 18.4 Å². The molecule has 0 saturated heterocycles. The maximum atomic E-state index is 11.5. The van der Waals surface area contributed by atoms with Crippen molar-refractivity contribution in [2.45, 2.75) is 38.0 Å². The van der Waals surface area contributed by atoms with Gasteiger partial charge in [0.25, 0.3) is 5.56 Å². The number of rotatable bonds is 1. The third kappa shape index (κ3) is 1.78. The van der Waals surface area contributed by atoms with Crippen molar-refractivity contribution in [2.75, 3.05) is 5.73 Å². The summed E-state index contributed by atoms with van der Waals surface area (Å²) < 4.78 is 0. The lowest BCUT2D eigenvalue weighted by molar-refractivity contribution is 0.440. The molecule has 0 unspecified atom stereocenters. The lowest BCUT2D eigenvalue weighted by Crippen LogP contribution is -2.20. The van der Waals surface area contributed by atoms with Gasteiger partial charge in [-0.05, 0) is 24.8 Å². The molecule has 0 bridgehead atoms. The SMILES string of the molecule is Nc1cc(C2CCCCC2)c(=O)[nH]n1. The molecule has 0 atom stereocenters. The summed E-state index contributed by atoms with van der Waals surface area (Å²) >= 11 is 0. The Hall–Kier alpha value is -1.32. The van der Waals surface area contributed by atoms with Gasteiger partial charge in [0.1, 0.15) is 5.82 Å². The fraction of sp³-hybridized carbons (Fsp3) is 0.600. The second-order valence-corrected chi connectivity index (χ2v) is 3.91. The van der Waals surface area contributed by atoms with Crippen LogP contribution in [0.25, 0.3) is 0 Å². The van der Waals surface area contributed by atoms with Crippen molar-refractivity contribution >= 4 is 5.82 Å². The summed E-state index contributed by atoms with van der Waals surface area (Å²) in [5, 5.41) is 6.11. The summed E-state index contributed by atoms with van der Waals surface area (Å²) in [4.78, 5) is 11.5. The Morgan fingerprint density at radius 1 is 1.36 bits per heavy atom. The van der Waals surface area contributed by atoms with Gasteiger partial charge in [-0.3, -0.25) is 4.79 Å². The molecular formula is C10H15N3O. The van der Waals surface area contributed by atoms with Crippen LogP contribution < -0.4 is 11.3 Å². The minimum atomic E-state index is -0.0777. The highest BCUT2D eigenvalue weighted by molar-refractivity contribution is 5.31. The zero-order valence-electron chi connectivity index (χ0n) is 8.12. The van der Waals surface area contributed by atoms with Crippen LogP contribution in [0.5, 0.6) is 0 Å². The molecule has 3 N–H and O–H groups in total. The van der Waals surface area contributed by atoms with Crippen LogP contribution in [-0.4, -0.2) is 10.2 Å². The van der Waals surface area contributed by atoms with E-state index in [0.29, 0.717) is 11.7 Å². The minimum absolute atomic E-state index is 0.0777. The largest absolute Gasteiger partial charge is 0.382 e. The van der Waals surface area contributed by atoms with Gasteiger partial charge in [-0.1, -0.05) is 19.3 Å². The van der Waals surface area contributed by atoms with Crippen LogP contribution in [0.15, 0.2) is 10.9 Å². The Morgan fingerprint density at radius 2 is 2.07 bits per heavy atom. The molecule has 4 heteroatoms. The van der Waals surface area contributed by atoms with Crippen molar-refractivity contribution in [3.8, 4) is 0 Å². The number of aromatic nitrogens is 2. The van der Waals surface area contributed by atoms with E-state index >= 15 is 0 Å². The number of nitrogens with zero attached hydrogens (tertiary/aromatic N) is 1. The quantitative estimate of drug-likeness (QED) is 0.708. The standard InChI is InChI=1S/C10H15N3O/c11-9-6-8(10(14)13-12-9)7-4-2-1-3-5-7/h6-7H,1-5H2,(H2,11,12)(H,13,14). The van der Waals surface area contributed by atoms with Crippen molar-refractivity contribution < 1.29 is 0 Å². The van der Waals surface area contributed by atoms with Crippen LogP contribution in [0.2, 0.25) is 0 Å². The van der Waals surface area contributed by atoms with Gasteiger partial charge in [-0.25, -0.2) is 5.10 Å². The summed E-state index contributed by atoms with van der Waals surface area (Å²) in [7, 11) is 0. The topological polar surface area (TPSA) is 71.8 Å². The predicted molar refractivity (Wildman–Crippen MR) is 55.1 cm³/mol. The van der Waals surface area contributed by atoms with Crippen LogP contribution >= 0.6 is 0 Å². The van der Waals surface area contributed by atoms with Crippen molar-refractivity contribution in [3.05, 3.63) is 22.0 Å². The summed E-state index contributed by atoms with van der Waals surface area (Å²) in [6.07, 6.45) is 5.92. The monoisotopic (exact) mass is 193 g/mol. The van der Waals surface area contributed by atoms with E-state index in [1.54, 1.807) is 6.07 Å². The number of nitrogen functional groups attached to an aromatic ring is 1. The van der Waals surface area contributed by atoms with Crippen LogP contribution in [0.1, 0.15) is 43.6 Å². The molecular weight excluding hydrogens is 178 g/mol. The van der Waals surface area contributed by atoms with Gasteiger partial charge in [0.15, 0.2) is 0 Å². The Labute approximate surface area is 82.5 Å². The first-order valence-electron chi connectivity index (χ1n) is 5.12. The summed E-state index contributed by atoms with van der Waals surface area (Å²) in [6.45, 7) is 0. The highest BCUT2D eigenvalue weighted by Gasteiger charge is 2.18. The van der Waals surface area contributed by atoms with Gasteiger partial charge in [-0.2, -0.15) is 5.10 Å². The van der Waals surface area contributed by atoms with Gasteiger partial charge >= 0.3 is 0 Å². The Balaban J connectivity index is 2.29. The predicted octanol–water partition coefficient (Wildman–Crippen LogP) is 1.40. The molecule has 0 amide bonds. The van der Waals surface area contributed by atoms with E-state index in [-0.39, 0.29) is 5.56 Å². The first-order chi connectivity index (χ1) is 6.77. The number of nitrogens with one attached hydrogen (secondary N) is 1. The highest BCUT2D eigenvalue weighted by Crippen LogP contribution is 2.30. The number of hydrogen-bond donors (Lipinski definition) is 2. The molecule has 1 aliphatic rings. The van der Waals surface area contributed by atoms with E-state index < -0.39 is 0 Å². The molecule has 14 heavy (non-hydrogen) atoms. The van der Waals surface area contributed by atoms with Crippen molar-refractivity contribution in [1.82, 2.24) is 10.2 Å². The van der Waals surface area contributed by atoms with Crippen LogP contribution in [0.3, 0.4) is 0 Å². The molecule has 1 aromatic heterocycles. The molecule has 1 heterocycles. The van der Waals surface area contributed by atoms with Gasteiger partial charge in [0, 0.05) is 5.56 Å². The number of H-pyrrole nitrogens is 1. The molecule has 1 fully saturated rings. The first kappa shape index (κ1) is 9.24. The summed E-state index contributed by atoms with van der Waals surface area (Å²) in [5.74, 6) is 0.794. The molecule has 2 rings (SSSR count). The fourth-order valence-corrected chi connectivity index (χ4v) is 2.15. The van der Waals surface area contributed by atoms with Crippen LogP contribution in [-0.2, 0) is 0 Å². The van der Waals surface area contributed by atoms with Gasteiger partial charge in [0.05, 0.1) is 0 Å². The lowest BCUT2D eigenvalue weighted by Gasteiger charge is -2.20. The summed E-state index contributed by atoms with van der Waals surface area (Å²) in [5.41, 5.74) is 6.29. The number of hydrogen-bond acceptors (Lipinski definition) is 3. The lowest BCUT2D eigenvalue weighted by atomic mass is 9.85. The van der Waals surface area contributed by atoms with Gasteiger partial charge < -0.3 is 5.73 Å². The normalized spacial score (nSPS) is 18.3. The van der Waals surface area contributed by atoms with Gasteiger partial charge in [-0.15, -0.1) is 0 Å². The third-order valence-electron chi connectivity index (χ3n) is 2.90. The molecule has 4 nitrogen and oxygen atoms in total. The molecule has 1 saturated carbocycles.